The number of rotatable bonds is 3. The summed E-state index contributed by atoms with van der Waals surface area (Å²) in [4.78, 5) is 19.3. The molecule has 0 saturated heterocycles. The van der Waals surface area contributed by atoms with Crippen LogP contribution in [0.5, 0.6) is 0 Å². The Morgan fingerprint density at radius 2 is 0.700 bits per heavy atom. The molecule has 0 atom stereocenters. The number of anilines is 6. The smallest absolute Gasteiger partial charge is 0.137 e. The molecule has 8 rings (SSSR count). The Kier molecular flexibility index (Phi) is 5.60. The van der Waals surface area contributed by atoms with Gasteiger partial charge in [0.05, 0.1) is 22.7 Å². The van der Waals surface area contributed by atoms with Crippen LogP contribution in [0.2, 0.25) is 0 Å². The highest BCUT2D eigenvalue weighted by molar-refractivity contribution is 8.00. The van der Waals surface area contributed by atoms with Crippen molar-refractivity contribution in [1.82, 2.24) is 9.97 Å². The normalized spacial score (nSPS) is 13.2. The lowest BCUT2D eigenvalue weighted by Crippen LogP contribution is -2.16. The van der Waals surface area contributed by atoms with E-state index in [1.165, 1.54) is 19.6 Å². The van der Waals surface area contributed by atoms with Crippen molar-refractivity contribution in [3.05, 3.63) is 134 Å². The zero-order chi connectivity index (χ0) is 26.5. The van der Waals surface area contributed by atoms with Crippen molar-refractivity contribution < 1.29 is 0 Å². The second-order valence-corrected chi connectivity index (χ2v) is 11.7. The molecule has 40 heavy (non-hydrogen) atoms. The average Bonchev–Trinajstić information content (AvgIpc) is 3.03. The van der Waals surface area contributed by atoms with Crippen molar-refractivity contribution in [1.29, 1.82) is 0 Å². The van der Waals surface area contributed by atoms with Gasteiger partial charge in [-0.05, 0) is 72.8 Å². The maximum Gasteiger partial charge on any atom is 0.137 e. The van der Waals surface area contributed by atoms with Crippen LogP contribution in [0, 0.1) is 0 Å². The van der Waals surface area contributed by atoms with Crippen LogP contribution in [0.1, 0.15) is 0 Å². The Balaban J connectivity index is 1.13. The van der Waals surface area contributed by atoms with Gasteiger partial charge in [0.2, 0.25) is 0 Å². The molecule has 4 aromatic carbocycles. The number of hydrogen-bond donors (Lipinski definition) is 0. The fourth-order valence-corrected chi connectivity index (χ4v) is 7.40. The van der Waals surface area contributed by atoms with Crippen molar-refractivity contribution in [2.24, 2.45) is 0 Å². The quantitative estimate of drug-likeness (QED) is 0.218. The summed E-state index contributed by atoms with van der Waals surface area (Å²) in [6.45, 7) is 0. The molecule has 6 aromatic rings. The molecular weight excluding hydrogens is 529 g/mol. The number of fused-ring (bicyclic) bond motifs is 4. The van der Waals surface area contributed by atoms with E-state index in [1.54, 1.807) is 23.5 Å². The fourth-order valence-electron chi connectivity index (χ4n) is 5.28. The second kappa shape index (κ2) is 9.59. The Labute approximate surface area is 241 Å². The molecule has 0 fully saturated rings. The van der Waals surface area contributed by atoms with E-state index in [1.807, 2.05) is 12.4 Å². The molecule has 190 valence electrons. The topological polar surface area (TPSA) is 32.3 Å². The SMILES string of the molecule is c1ccc2c(c1)Sc1ccccc1N2c1ccc(-c2ccc(N3c4ccccc4Sc4ccccc43)nc2)cn1. The van der Waals surface area contributed by atoms with Gasteiger partial charge in [-0.3, -0.25) is 9.80 Å². The zero-order valence-electron chi connectivity index (χ0n) is 21.3. The van der Waals surface area contributed by atoms with E-state index in [0.717, 1.165) is 45.5 Å². The van der Waals surface area contributed by atoms with Crippen molar-refractivity contribution in [2.75, 3.05) is 9.80 Å². The summed E-state index contributed by atoms with van der Waals surface area (Å²) in [6, 6.07) is 42.5. The predicted molar refractivity (Wildman–Crippen MR) is 165 cm³/mol. The molecule has 2 aliphatic heterocycles. The van der Waals surface area contributed by atoms with Crippen LogP contribution in [-0.4, -0.2) is 9.97 Å². The third kappa shape index (κ3) is 3.87. The number of nitrogens with zero attached hydrogens (tertiary/aromatic N) is 4. The van der Waals surface area contributed by atoms with Gasteiger partial charge in [0, 0.05) is 43.1 Å². The average molecular weight is 551 g/mol. The fraction of sp³-hybridized carbons (Fsp3) is 0. The monoisotopic (exact) mass is 550 g/mol. The van der Waals surface area contributed by atoms with E-state index in [2.05, 4.69) is 131 Å². The van der Waals surface area contributed by atoms with Crippen LogP contribution in [0.25, 0.3) is 11.1 Å². The number of aromatic nitrogens is 2. The van der Waals surface area contributed by atoms with Gasteiger partial charge in [0.25, 0.3) is 0 Å². The molecule has 0 saturated carbocycles. The Bertz CT molecular complexity index is 1640. The highest BCUT2D eigenvalue weighted by Gasteiger charge is 2.26. The molecule has 0 bridgehead atoms. The highest BCUT2D eigenvalue weighted by atomic mass is 32.2. The first kappa shape index (κ1) is 23.4. The van der Waals surface area contributed by atoms with Crippen LogP contribution < -0.4 is 9.80 Å². The lowest BCUT2D eigenvalue weighted by molar-refractivity contribution is 1.11. The van der Waals surface area contributed by atoms with Gasteiger partial charge in [0.15, 0.2) is 0 Å². The minimum atomic E-state index is 0.896. The molecule has 0 N–H and O–H groups in total. The summed E-state index contributed by atoms with van der Waals surface area (Å²) in [5.41, 5.74) is 6.67. The van der Waals surface area contributed by atoms with Crippen LogP contribution in [0.15, 0.2) is 153 Å². The van der Waals surface area contributed by atoms with E-state index in [4.69, 9.17) is 9.97 Å². The maximum absolute atomic E-state index is 4.92. The first-order chi connectivity index (χ1) is 19.8. The van der Waals surface area contributed by atoms with Crippen molar-refractivity contribution in [3.63, 3.8) is 0 Å². The van der Waals surface area contributed by atoms with E-state index < -0.39 is 0 Å². The first-order valence-corrected chi connectivity index (χ1v) is 14.7. The summed E-state index contributed by atoms with van der Waals surface area (Å²) in [6.07, 6.45) is 3.89. The lowest BCUT2D eigenvalue weighted by atomic mass is 10.1. The second-order valence-electron chi connectivity index (χ2n) is 9.56. The van der Waals surface area contributed by atoms with E-state index in [-0.39, 0.29) is 0 Å². The van der Waals surface area contributed by atoms with E-state index in [9.17, 15) is 0 Å². The Morgan fingerprint density at radius 1 is 0.375 bits per heavy atom. The largest absolute Gasteiger partial charge is 0.293 e. The number of hydrogen-bond acceptors (Lipinski definition) is 6. The predicted octanol–water partition coefficient (Wildman–Crippen LogP) is 10.0. The minimum Gasteiger partial charge on any atom is -0.293 e. The lowest BCUT2D eigenvalue weighted by Gasteiger charge is -2.32. The Morgan fingerprint density at radius 3 is 1.00 bits per heavy atom. The van der Waals surface area contributed by atoms with Crippen LogP contribution >= 0.6 is 23.5 Å². The van der Waals surface area contributed by atoms with Crippen LogP contribution in [-0.2, 0) is 0 Å². The number of benzene rings is 4. The van der Waals surface area contributed by atoms with Gasteiger partial charge < -0.3 is 0 Å². The van der Waals surface area contributed by atoms with Crippen LogP contribution in [0.4, 0.5) is 34.4 Å². The number of pyridine rings is 2. The molecule has 0 radical (unpaired) electrons. The van der Waals surface area contributed by atoms with Crippen molar-refractivity contribution in [3.8, 4) is 11.1 Å². The van der Waals surface area contributed by atoms with Crippen LogP contribution in [0.3, 0.4) is 0 Å². The van der Waals surface area contributed by atoms with Gasteiger partial charge in [-0.15, -0.1) is 0 Å². The van der Waals surface area contributed by atoms with Gasteiger partial charge in [-0.25, -0.2) is 9.97 Å². The summed E-state index contributed by atoms with van der Waals surface area (Å²) in [7, 11) is 0. The molecule has 2 aliphatic rings. The molecule has 4 heterocycles. The van der Waals surface area contributed by atoms with Crippen molar-refractivity contribution >= 4 is 57.9 Å². The molecule has 6 heteroatoms. The summed E-state index contributed by atoms with van der Waals surface area (Å²) < 4.78 is 0. The summed E-state index contributed by atoms with van der Waals surface area (Å²) in [5.74, 6) is 1.79. The third-order valence-corrected chi connectivity index (χ3v) is 9.41. The van der Waals surface area contributed by atoms with Gasteiger partial charge in [-0.1, -0.05) is 72.1 Å². The zero-order valence-corrected chi connectivity index (χ0v) is 22.9. The Hall–Kier alpha value is -4.52. The molecule has 0 unspecified atom stereocenters. The van der Waals surface area contributed by atoms with Gasteiger partial charge in [0.1, 0.15) is 11.6 Å². The molecular formula is C34H22N4S2. The van der Waals surface area contributed by atoms with E-state index >= 15 is 0 Å². The highest BCUT2D eigenvalue weighted by Crippen LogP contribution is 2.52. The standard InChI is InChI=1S/C34H22N4S2/c1-5-13-29-25(9-1)37(26-10-2-6-14-30(26)39-29)33-19-17-23(21-35-33)24-18-20-34(36-22-24)38-27-11-3-7-15-31(27)40-32-16-8-4-12-28(32)38/h1-22H. The van der Waals surface area contributed by atoms with Crippen molar-refractivity contribution in [2.45, 2.75) is 19.6 Å². The third-order valence-electron chi connectivity index (χ3n) is 7.15. The minimum absolute atomic E-state index is 0.896. The number of para-hydroxylation sites is 4. The van der Waals surface area contributed by atoms with Gasteiger partial charge in [-0.2, -0.15) is 0 Å². The molecule has 0 aliphatic carbocycles. The first-order valence-electron chi connectivity index (χ1n) is 13.1. The van der Waals surface area contributed by atoms with Gasteiger partial charge >= 0.3 is 0 Å². The summed E-state index contributed by atoms with van der Waals surface area (Å²) in [5, 5.41) is 0. The van der Waals surface area contributed by atoms with E-state index in [0.29, 0.717) is 0 Å². The molecule has 0 spiro atoms. The molecule has 0 amide bonds. The molecule has 4 nitrogen and oxygen atoms in total. The molecule has 2 aromatic heterocycles. The maximum atomic E-state index is 4.92. The summed E-state index contributed by atoms with van der Waals surface area (Å²) >= 11 is 3.61.